The molecule has 0 unspecified atom stereocenters. The summed E-state index contributed by atoms with van der Waals surface area (Å²) in [5.74, 6) is -0.146. The second-order valence-electron chi connectivity index (χ2n) is 8.23. The quantitative estimate of drug-likeness (QED) is 0.745. The molecular weight excluding hydrogens is 348 g/mol. The standard InChI is InChI=1S/C24H32N2O2/c1-7-19-10-8-9-17(2)23(19)26(18(3)27)16-15-22(28)25-21-13-11-20(12-14-21)24(4,5)6/h8-14H,7,15-16H2,1-6H3,(H,25,28). The summed E-state index contributed by atoms with van der Waals surface area (Å²) in [4.78, 5) is 26.4. The minimum absolute atomic E-state index is 0.0497. The van der Waals surface area contributed by atoms with E-state index in [-0.39, 0.29) is 23.7 Å². The molecule has 150 valence electrons. The van der Waals surface area contributed by atoms with Crippen LogP contribution in [0.25, 0.3) is 0 Å². The van der Waals surface area contributed by atoms with Crippen molar-refractivity contribution < 1.29 is 9.59 Å². The molecule has 2 aromatic rings. The van der Waals surface area contributed by atoms with Crippen molar-refractivity contribution in [3.8, 4) is 0 Å². The van der Waals surface area contributed by atoms with Gasteiger partial charge < -0.3 is 10.2 Å². The van der Waals surface area contributed by atoms with Gasteiger partial charge in [-0.15, -0.1) is 0 Å². The van der Waals surface area contributed by atoms with E-state index in [4.69, 9.17) is 0 Å². The molecule has 0 atom stereocenters. The highest BCUT2D eigenvalue weighted by Gasteiger charge is 2.18. The van der Waals surface area contributed by atoms with E-state index in [1.54, 1.807) is 11.8 Å². The molecule has 0 aliphatic heterocycles. The minimum Gasteiger partial charge on any atom is -0.326 e. The molecule has 2 amide bonds. The zero-order valence-corrected chi connectivity index (χ0v) is 17.9. The van der Waals surface area contributed by atoms with Crippen LogP contribution in [0.2, 0.25) is 0 Å². The molecule has 0 aliphatic rings. The fourth-order valence-electron chi connectivity index (χ4n) is 3.31. The average Bonchev–Trinajstić information content (AvgIpc) is 2.62. The summed E-state index contributed by atoms with van der Waals surface area (Å²) in [6, 6.07) is 14.0. The van der Waals surface area contributed by atoms with Gasteiger partial charge in [-0.05, 0) is 47.6 Å². The Morgan fingerprint density at radius 1 is 1.04 bits per heavy atom. The summed E-state index contributed by atoms with van der Waals surface area (Å²) >= 11 is 0. The third kappa shape index (κ3) is 5.44. The van der Waals surface area contributed by atoms with Crippen LogP contribution in [-0.2, 0) is 21.4 Å². The van der Waals surface area contributed by atoms with Gasteiger partial charge in [0.05, 0.1) is 0 Å². The Balaban J connectivity index is 2.06. The first-order valence-electron chi connectivity index (χ1n) is 9.90. The van der Waals surface area contributed by atoms with Crippen LogP contribution in [0.4, 0.5) is 11.4 Å². The maximum atomic E-state index is 12.4. The molecule has 0 aromatic heterocycles. The number of amides is 2. The van der Waals surface area contributed by atoms with Gasteiger partial charge in [0, 0.05) is 31.3 Å². The van der Waals surface area contributed by atoms with Crippen molar-refractivity contribution in [2.75, 3.05) is 16.8 Å². The molecule has 0 heterocycles. The number of carbonyl (C=O) groups excluding carboxylic acids is 2. The molecule has 1 N–H and O–H groups in total. The molecule has 2 rings (SSSR count). The fourth-order valence-corrected chi connectivity index (χ4v) is 3.31. The highest BCUT2D eigenvalue weighted by molar-refractivity contribution is 5.95. The molecule has 0 fully saturated rings. The molecular formula is C24H32N2O2. The number of para-hydroxylation sites is 1. The smallest absolute Gasteiger partial charge is 0.226 e. The van der Waals surface area contributed by atoms with Crippen LogP contribution in [0, 0.1) is 6.92 Å². The SMILES string of the molecule is CCc1cccc(C)c1N(CCC(=O)Nc1ccc(C(C)(C)C)cc1)C(C)=O. The van der Waals surface area contributed by atoms with Crippen molar-refractivity contribution in [1.82, 2.24) is 0 Å². The Bertz CT molecular complexity index is 833. The summed E-state index contributed by atoms with van der Waals surface area (Å²) in [5.41, 5.74) is 5.17. The van der Waals surface area contributed by atoms with Crippen LogP contribution in [0.5, 0.6) is 0 Å². The van der Waals surface area contributed by atoms with E-state index in [0.29, 0.717) is 6.54 Å². The Hall–Kier alpha value is -2.62. The topological polar surface area (TPSA) is 49.4 Å². The lowest BCUT2D eigenvalue weighted by Gasteiger charge is -2.25. The number of benzene rings is 2. The number of rotatable bonds is 6. The molecule has 0 saturated carbocycles. The lowest BCUT2D eigenvalue weighted by atomic mass is 9.87. The molecule has 4 heteroatoms. The molecule has 28 heavy (non-hydrogen) atoms. The lowest BCUT2D eigenvalue weighted by Crippen LogP contribution is -2.33. The third-order valence-electron chi connectivity index (χ3n) is 4.95. The highest BCUT2D eigenvalue weighted by atomic mass is 16.2. The van der Waals surface area contributed by atoms with Crippen molar-refractivity contribution in [3.63, 3.8) is 0 Å². The van der Waals surface area contributed by atoms with E-state index in [0.717, 1.165) is 28.9 Å². The molecule has 0 bridgehead atoms. The zero-order valence-electron chi connectivity index (χ0n) is 17.9. The van der Waals surface area contributed by atoms with Crippen LogP contribution in [0.15, 0.2) is 42.5 Å². The molecule has 0 spiro atoms. The first kappa shape index (κ1) is 21.7. The Kier molecular flexibility index (Phi) is 7.00. The number of aryl methyl sites for hydroxylation is 2. The van der Waals surface area contributed by atoms with E-state index >= 15 is 0 Å². The van der Waals surface area contributed by atoms with Crippen LogP contribution < -0.4 is 10.2 Å². The van der Waals surface area contributed by atoms with Gasteiger partial charge in [-0.1, -0.05) is 58.0 Å². The van der Waals surface area contributed by atoms with Crippen molar-refractivity contribution in [2.24, 2.45) is 0 Å². The van der Waals surface area contributed by atoms with Crippen LogP contribution in [0.1, 0.15) is 57.7 Å². The monoisotopic (exact) mass is 380 g/mol. The van der Waals surface area contributed by atoms with E-state index in [1.807, 2.05) is 49.4 Å². The van der Waals surface area contributed by atoms with E-state index in [9.17, 15) is 9.59 Å². The first-order valence-corrected chi connectivity index (χ1v) is 9.90. The lowest BCUT2D eigenvalue weighted by molar-refractivity contribution is -0.117. The van der Waals surface area contributed by atoms with Gasteiger partial charge in [-0.25, -0.2) is 0 Å². The fraction of sp³-hybridized carbons (Fsp3) is 0.417. The van der Waals surface area contributed by atoms with Crippen LogP contribution >= 0.6 is 0 Å². The first-order chi connectivity index (χ1) is 13.1. The van der Waals surface area contributed by atoms with Gasteiger partial charge in [0.2, 0.25) is 11.8 Å². The largest absolute Gasteiger partial charge is 0.326 e. The van der Waals surface area contributed by atoms with Crippen molar-refractivity contribution in [2.45, 2.75) is 59.8 Å². The van der Waals surface area contributed by atoms with Gasteiger partial charge in [0.25, 0.3) is 0 Å². The van der Waals surface area contributed by atoms with Crippen molar-refractivity contribution in [1.29, 1.82) is 0 Å². The summed E-state index contributed by atoms with van der Waals surface area (Å²) in [6.45, 7) is 12.5. The molecule has 0 saturated heterocycles. The maximum Gasteiger partial charge on any atom is 0.226 e. The highest BCUT2D eigenvalue weighted by Crippen LogP contribution is 2.27. The second kappa shape index (κ2) is 9.05. The van der Waals surface area contributed by atoms with Gasteiger partial charge >= 0.3 is 0 Å². The maximum absolute atomic E-state index is 12.4. The summed E-state index contributed by atoms with van der Waals surface area (Å²) in [7, 11) is 0. The third-order valence-corrected chi connectivity index (χ3v) is 4.95. The number of anilines is 2. The Morgan fingerprint density at radius 3 is 2.21 bits per heavy atom. The summed E-state index contributed by atoms with van der Waals surface area (Å²) in [6.07, 6.45) is 1.09. The van der Waals surface area contributed by atoms with Crippen molar-refractivity contribution in [3.05, 3.63) is 59.2 Å². The van der Waals surface area contributed by atoms with Gasteiger partial charge in [-0.3, -0.25) is 9.59 Å². The van der Waals surface area contributed by atoms with Crippen LogP contribution in [-0.4, -0.2) is 18.4 Å². The number of hydrogen-bond acceptors (Lipinski definition) is 2. The van der Waals surface area contributed by atoms with Gasteiger partial charge in [0.1, 0.15) is 0 Å². The summed E-state index contributed by atoms with van der Waals surface area (Å²) in [5, 5.41) is 2.93. The van der Waals surface area contributed by atoms with Gasteiger partial charge in [-0.2, -0.15) is 0 Å². The Labute approximate surface area is 169 Å². The van der Waals surface area contributed by atoms with E-state index in [1.165, 1.54) is 5.56 Å². The number of hydrogen-bond donors (Lipinski definition) is 1. The summed E-state index contributed by atoms with van der Waals surface area (Å²) < 4.78 is 0. The van der Waals surface area contributed by atoms with E-state index in [2.05, 4.69) is 33.0 Å². The second-order valence-corrected chi connectivity index (χ2v) is 8.23. The molecule has 2 aromatic carbocycles. The van der Waals surface area contributed by atoms with Gasteiger partial charge in [0.15, 0.2) is 0 Å². The number of carbonyl (C=O) groups is 2. The number of nitrogens with one attached hydrogen (secondary N) is 1. The molecule has 4 nitrogen and oxygen atoms in total. The average molecular weight is 381 g/mol. The zero-order chi connectivity index (χ0) is 20.9. The minimum atomic E-state index is -0.0959. The number of nitrogens with zero attached hydrogens (tertiary/aromatic N) is 1. The predicted octanol–water partition coefficient (Wildman–Crippen LogP) is 5.24. The van der Waals surface area contributed by atoms with E-state index < -0.39 is 0 Å². The molecule has 0 radical (unpaired) electrons. The molecule has 0 aliphatic carbocycles. The Morgan fingerprint density at radius 2 is 1.68 bits per heavy atom. The predicted molar refractivity (Wildman–Crippen MR) is 117 cm³/mol. The normalized spacial score (nSPS) is 11.2. The van der Waals surface area contributed by atoms with Crippen molar-refractivity contribution >= 4 is 23.2 Å². The van der Waals surface area contributed by atoms with Crippen LogP contribution in [0.3, 0.4) is 0 Å².